The maximum Gasteiger partial charge on any atom is 0.222 e. The summed E-state index contributed by atoms with van der Waals surface area (Å²) in [6.45, 7) is 8.26. The summed E-state index contributed by atoms with van der Waals surface area (Å²) in [5.41, 5.74) is 18.9. The van der Waals surface area contributed by atoms with Gasteiger partial charge in [-0.3, -0.25) is 4.98 Å². The molecule has 0 atom stereocenters. The highest BCUT2D eigenvalue weighted by molar-refractivity contribution is 5.91. The fourth-order valence-corrected chi connectivity index (χ4v) is 4.50. The van der Waals surface area contributed by atoms with Gasteiger partial charge in [0.1, 0.15) is 24.0 Å². The second-order valence-corrected chi connectivity index (χ2v) is 8.62. The van der Waals surface area contributed by atoms with E-state index in [4.69, 9.17) is 16.2 Å². The Morgan fingerprint density at radius 2 is 1.94 bits per heavy atom. The fourth-order valence-electron chi connectivity index (χ4n) is 4.50. The summed E-state index contributed by atoms with van der Waals surface area (Å²) in [4.78, 5) is 20.2. The van der Waals surface area contributed by atoms with E-state index in [1.807, 2.05) is 25.3 Å². The number of amidine groups is 1. The van der Waals surface area contributed by atoms with E-state index in [0.717, 1.165) is 50.9 Å². The second kappa shape index (κ2) is 7.78. The number of benzene rings is 1. The van der Waals surface area contributed by atoms with Crippen molar-refractivity contribution in [2.24, 2.45) is 10.7 Å². The van der Waals surface area contributed by atoms with E-state index in [0.29, 0.717) is 37.9 Å². The zero-order valence-corrected chi connectivity index (χ0v) is 18.6. The van der Waals surface area contributed by atoms with Gasteiger partial charge in [0, 0.05) is 41.5 Å². The zero-order chi connectivity index (χ0) is 22.4. The van der Waals surface area contributed by atoms with Crippen LogP contribution in [0.1, 0.15) is 42.3 Å². The minimum absolute atomic E-state index is 0.283. The van der Waals surface area contributed by atoms with E-state index in [1.54, 1.807) is 0 Å². The molecule has 32 heavy (non-hydrogen) atoms. The van der Waals surface area contributed by atoms with Crippen LogP contribution in [0.2, 0.25) is 0 Å². The molecule has 0 radical (unpaired) electrons. The molecule has 0 aliphatic carbocycles. The third kappa shape index (κ3) is 3.62. The minimum atomic E-state index is 0.283. The first-order valence-electron chi connectivity index (χ1n) is 10.9. The molecule has 8 heteroatoms. The van der Waals surface area contributed by atoms with E-state index in [2.05, 4.69) is 50.8 Å². The number of hydrogen-bond acceptors (Lipinski definition) is 8. The lowest BCUT2D eigenvalue weighted by atomic mass is 10.0. The van der Waals surface area contributed by atoms with Crippen LogP contribution in [0.3, 0.4) is 0 Å². The van der Waals surface area contributed by atoms with Crippen LogP contribution in [-0.4, -0.2) is 33.9 Å². The number of aryl methyl sites for hydroxylation is 1. The molecule has 0 unspecified atom stereocenters. The molecule has 0 bridgehead atoms. The molecule has 164 valence electrons. The van der Waals surface area contributed by atoms with Crippen molar-refractivity contribution in [2.75, 3.05) is 23.8 Å². The van der Waals surface area contributed by atoms with E-state index >= 15 is 0 Å². The average molecular weight is 430 g/mol. The molecule has 0 amide bonds. The highest BCUT2D eigenvalue weighted by atomic mass is 16.5. The topological polar surface area (TPSA) is 116 Å². The van der Waals surface area contributed by atoms with Gasteiger partial charge in [-0.15, -0.1) is 0 Å². The monoisotopic (exact) mass is 429 g/mol. The van der Waals surface area contributed by atoms with E-state index in [1.165, 1.54) is 0 Å². The predicted molar refractivity (Wildman–Crippen MR) is 126 cm³/mol. The lowest BCUT2D eigenvalue weighted by Crippen LogP contribution is -2.28. The summed E-state index contributed by atoms with van der Waals surface area (Å²) in [6.07, 6.45) is 2.50. The van der Waals surface area contributed by atoms with Crippen molar-refractivity contribution in [1.82, 2.24) is 15.0 Å². The van der Waals surface area contributed by atoms with Gasteiger partial charge < -0.3 is 21.1 Å². The Bertz CT molecular complexity index is 1240. The molecular formula is C24H27N7O. The first-order chi connectivity index (χ1) is 15.4. The van der Waals surface area contributed by atoms with Crippen LogP contribution >= 0.6 is 0 Å². The smallest absolute Gasteiger partial charge is 0.222 e. The Hall–Kier alpha value is -3.68. The van der Waals surface area contributed by atoms with Crippen molar-refractivity contribution in [3.8, 4) is 16.9 Å². The molecule has 1 aromatic carbocycles. The Kier molecular flexibility index (Phi) is 4.92. The molecule has 4 N–H and O–H groups in total. The number of rotatable bonds is 3. The first-order valence-corrected chi connectivity index (χ1v) is 10.9. The summed E-state index contributed by atoms with van der Waals surface area (Å²) in [5, 5.41) is 0. The molecular weight excluding hydrogens is 402 g/mol. The molecule has 8 nitrogen and oxygen atoms in total. The highest BCUT2D eigenvalue weighted by Crippen LogP contribution is 2.35. The normalized spacial score (nSPS) is 15.1. The molecule has 0 fully saturated rings. The van der Waals surface area contributed by atoms with Gasteiger partial charge in [-0.1, -0.05) is 19.9 Å². The molecule has 0 saturated heterocycles. The summed E-state index contributed by atoms with van der Waals surface area (Å²) < 4.78 is 6.07. The van der Waals surface area contributed by atoms with Crippen LogP contribution < -0.4 is 21.1 Å². The van der Waals surface area contributed by atoms with Crippen LogP contribution in [0.15, 0.2) is 35.5 Å². The van der Waals surface area contributed by atoms with Crippen molar-refractivity contribution >= 4 is 23.3 Å². The van der Waals surface area contributed by atoms with E-state index in [9.17, 15) is 0 Å². The number of nitrogens with two attached hydrogens (primary N) is 2. The molecule has 0 saturated carbocycles. The summed E-state index contributed by atoms with van der Waals surface area (Å²) in [6, 6.07) is 8.30. The summed E-state index contributed by atoms with van der Waals surface area (Å²) in [7, 11) is 0. The number of pyridine rings is 1. The molecule has 0 spiro atoms. The van der Waals surface area contributed by atoms with Crippen molar-refractivity contribution in [2.45, 2.75) is 39.7 Å². The van der Waals surface area contributed by atoms with Crippen LogP contribution in [0.5, 0.6) is 5.75 Å². The summed E-state index contributed by atoms with van der Waals surface area (Å²) in [5.74, 6) is 2.96. The number of nitrogen functional groups attached to an aromatic ring is 1. The number of nitrogens with zero attached hydrogens (tertiary/aromatic N) is 5. The van der Waals surface area contributed by atoms with Gasteiger partial charge in [-0.25, -0.2) is 9.98 Å². The van der Waals surface area contributed by atoms with Crippen molar-refractivity contribution in [1.29, 1.82) is 0 Å². The number of aromatic nitrogens is 3. The minimum Gasteiger partial charge on any atom is -0.491 e. The van der Waals surface area contributed by atoms with Gasteiger partial charge in [0.05, 0.1) is 17.9 Å². The van der Waals surface area contributed by atoms with Gasteiger partial charge in [0.25, 0.3) is 0 Å². The third-order valence-corrected chi connectivity index (χ3v) is 5.94. The standard InChI is InChI=1S/C24H27N7O/c1-13(2)22-14(3)28-24(26)30-23(22)31-6-7-32-20-5-4-15(8-17(20)12-31)16-9-19-18(27-11-16)10-21(25)29-19/h4-5,8-9,11,13H,6-7,10,12H2,1-3H3,(H2,25,29)(H2,26,28,30). The quantitative estimate of drug-likeness (QED) is 0.655. The Morgan fingerprint density at radius 1 is 1.09 bits per heavy atom. The molecule has 2 aliphatic rings. The number of aliphatic imine (C=N–C) groups is 1. The van der Waals surface area contributed by atoms with Crippen molar-refractivity contribution in [3.63, 3.8) is 0 Å². The van der Waals surface area contributed by atoms with Gasteiger partial charge in [0.15, 0.2) is 0 Å². The van der Waals surface area contributed by atoms with Gasteiger partial charge in [-0.05, 0) is 36.6 Å². The van der Waals surface area contributed by atoms with Gasteiger partial charge in [-0.2, -0.15) is 4.98 Å². The molecule has 2 aromatic heterocycles. The lowest BCUT2D eigenvalue weighted by molar-refractivity contribution is 0.331. The highest BCUT2D eigenvalue weighted by Gasteiger charge is 2.23. The molecule has 2 aliphatic heterocycles. The molecule has 3 aromatic rings. The zero-order valence-electron chi connectivity index (χ0n) is 18.6. The van der Waals surface area contributed by atoms with Crippen LogP contribution in [-0.2, 0) is 13.0 Å². The van der Waals surface area contributed by atoms with Crippen molar-refractivity contribution < 1.29 is 4.74 Å². The predicted octanol–water partition coefficient (Wildman–Crippen LogP) is 3.50. The number of fused-ring (bicyclic) bond motifs is 2. The summed E-state index contributed by atoms with van der Waals surface area (Å²) >= 11 is 0. The van der Waals surface area contributed by atoms with Crippen LogP contribution in [0.25, 0.3) is 11.1 Å². The average Bonchev–Trinajstić information content (AvgIpc) is 2.98. The molecule has 4 heterocycles. The van der Waals surface area contributed by atoms with Crippen LogP contribution in [0.4, 0.5) is 17.5 Å². The van der Waals surface area contributed by atoms with E-state index in [-0.39, 0.29) is 5.92 Å². The van der Waals surface area contributed by atoms with Gasteiger partial charge in [0.2, 0.25) is 5.95 Å². The lowest BCUT2D eigenvalue weighted by Gasteiger charge is -2.26. The maximum atomic E-state index is 6.07. The first kappa shape index (κ1) is 20.2. The maximum absolute atomic E-state index is 6.07. The third-order valence-electron chi connectivity index (χ3n) is 5.94. The Labute approximate surface area is 187 Å². The Morgan fingerprint density at radius 3 is 2.75 bits per heavy atom. The molecule has 5 rings (SSSR count). The second-order valence-electron chi connectivity index (χ2n) is 8.62. The SMILES string of the molecule is Cc1nc(N)nc(N2CCOc3ccc(-c4cnc5c(c4)N=C(N)C5)cc3C2)c1C(C)C. The van der Waals surface area contributed by atoms with E-state index < -0.39 is 0 Å². The number of anilines is 2. The van der Waals surface area contributed by atoms with Crippen LogP contribution in [0, 0.1) is 6.92 Å². The van der Waals surface area contributed by atoms with Gasteiger partial charge >= 0.3 is 0 Å². The number of ether oxygens (including phenoxy) is 1. The number of hydrogen-bond donors (Lipinski definition) is 2. The Balaban J connectivity index is 1.52. The van der Waals surface area contributed by atoms with Crippen molar-refractivity contribution in [3.05, 3.63) is 53.0 Å². The largest absolute Gasteiger partial charge is 0.491 e. The fraction of sp³-hybridized carbons (Fsp3) is 0.333.